The van der Waals surface area contributed by atoms with E-state index in [0.717, 1.165) is 17.2 Å². The van der Waals surface area contributed by atoms with Crippen molar-refractivity contribution in [1.29, 1.82) is 0 Å². The minimum absolute atomic E-state index is 0.0902. The Morgan fingerprint density at radius 3 is 1.90 bits per heavy atom. The molecule has 0 bridgehead atoms. The van der Waals surface area contributed by atoms with Crippen LogP contribution in [0.2, 0.25) is 0 Å². The molecule has 158 valence electrons. The van der Waals surface area contributed by atoms with Crippen LogP contribution in [0.25, 0.3) is 28.1 Å². The fourth-order valence-corrected chi connectivity index (χ4v) is 3.43. The van der Waals surface area contributed by atoms with Gasteiger partial charge in [0.25, 0.3) is 0 Å². The van der Waals surface area contributed by atoms with E-state index in [1.807, 2.05) is 54.6 Å². The number of halogens is 3. The second-order valence-corrected chi connectivity index (χ2v) is 7.84. The van der Waals surface area contributed by atoms with Crippen molar-refractivity contribution in [3.8, 4) is 28.1 Å². The summed E-state index contributed by atoms with van der Waals surface area (Å²) >= 11 is 0. The molecule has 1 aromatic heterocycles. The van der Waals surface area contributed by atoms with Gasteiger partial charge >= 0.3 is 6.18 Å². The number of hydrogen-bond acceptors (Lipinski definition) is 2. The highest BCUT2D eigenvalue weighted by molar-refractivity contribution is 5.70. The van der Waals surface area contributed by atoms with E-state index in [1.54, 1.807) is 19.9 Å². The van der Waals surface area contributed by atoms with Gasteiger partial charge in [0.05, 0.1) is 22.6 Å². The molecule has 3 nitrogen and oxygen atoms in total. The maximum absolute atomic E-state index is 13.7. The predicted molar refractivity (Wildman–Crippen MR) is 115 cm³/mol. The zero-order valence-electron chi connectivity index (χ0n) is 17.1. The molecule has 0 aliphatic carbocycles. The van der Waals surface area contributed by atoms with Crippen molar-refractivity contribution >= 4 is 0 Å². The van der Waals surface area contributed by atoms with Gasteiger partial charge < -0.3 is 5.11 Å². The van der Waals surface area contributed by atoms with E-state index in [0.29, 0.717) is 11.3 Å². The highest BCUT2D eigenvalue weighted by Crippen LogP contribution is 2.37. The summed E-state index contributed by atoms with van der Waals surface area (Å²) in [6.45, 7) is 3.11. The molecule has 0 radical (unpaired) electrons. The molecule has 3 aromatic carbocycles. The minimum Gasteiger partial charge on any atom is -0.384 e. The van der Waals surface area contributed by atoms with Gasteiger partial charge in [0.1, 0.15) is 5.60 Å². The summed E-state index contributed by atoms with van der Waals surface area (Å²) in [5.41, 5.74) is 1.29. The van der Waals surface area contributed by atoms with E-state index in [1.165, 1.54) is 22.9 Å². The molecule has 1 heterocycles. The fourth-order valence-electron chi connectivity index (χ4n) is 3.43. The Bertz CT molecular complexity index is 1190. The van der Waals surface area contributed by atoms with E-state index in [2.05, 4.69) is 5.10 Å². The highest BCUT2D eigenvalue weighted by atomic mass is 19.4. The summed E-state index contributed by atoms with van der Waals surface area (Å²) in [5.74, 6) is 0. The van der Waals surface area contributed by atoms with Crippen molar-refractivity contribution in [3.05, 3.63) is 96.2 Å². The first-order valence-electron chi connectivity index (χ1n) is 9.80. The van der Waals surface area contributed by atoms with Crippen molar-refractivity contribution < 1.29 is 18.3 Å². The number of para-hydroxylation sites is 1. The molecular formula is C25H21F3N2O. The number of aromatic nitrogens is 2. The molecule has 0 saturated carbocycles. The lowest BCUT2D eigenvalue weighted by molar-refractivity contribution is -0.137. The Hall–Kier alpha value is -3.38. The molecule has 6 heteroatoms. The molecule has 0 saturated heterocycles. The van der Waals surface area contributed by atoms with Crippen LogP contribution < -0.4 is 0 Å². The topological polar surface area (TPSA) is 38.0 Å². The second-order valence-electron chi connectivity index (χ2n) is 7.84. The van der Waals surface area contributed by atoms with Crippen LogP contribution in [0.5, 0.6) is 0 Å². The van der Waals surface area contributed by atoms with Gasteiger partial charge in [-0.2, -0.15) is 18.3 Å². The normalized spacial score (nSPS) is 12.2. The maximum atomic E-state index is 13.7. The van der Waals surface area contributed by atoms with Crippen LogP contribution in [0.15, 0.2) is 84.9 Å². The Morgan fingerprint density at radius 2 is 1.29 bits per heavy atom. The van der Waals surface area contributed by atoms with Gasteiger partial charge in [0.15, 0.2) is 0 Å². The van der Waals surface area contributed by atoms with Crippen LogP contribution in [-0.2, 0) is 11.8 Å². The molecule has 4 aromatic rings. The number of nitrogens with zero attached hydrogens (tertiary/aromatic N) is 2. The van der Waals surface area contributed by atoms with Crippen LogP contribution >= 0.6 is 0 Å². The van der Waals surface area contributed by atoms with Gasteiger partial charge in [-0.05, 0) is 43.2 Å². The van der Waals surface area contributed by atoms with Crippen LogP contribution in [0.4, 0.5) is 13.2 Å². The summed E-state index contributed by atoms with van der Waals surface area (Å²) in [6.07, 6.45) is -4.54. The Kier molecular flexibility index (Phi) is 5.19. The van der Waals surface area contributed by atoms with E-state index >= 15 is 0 Å². The summed E-state index contributed by atoms with van der Waals surface area (Å²) in [6, 6.07) is 24.3. The van der Waals surface area contributed by atoms with Crippen LogP contribution in [0, 0.1) is 0 Å². The highest BCUT2D eigenvalue weighted by Gasteiger charge is 2.35. The number of alkyl halides is 3. The molecule has 0 fully saturated rings. The Morgan fingerprint density at radius 1 is 0.742 bits per heavy atom. The Balaban J connectivity index is 1.87. The maximum Gasteiger partial charge on any atom is 0.418 e. The first-order chi connectivity index (χ1) is 14.6. The minimum atomic E-state index is -4.54. The lowest BCUT2D eigenvalue weighted by Gasteiger charge is -2.16. The largest absolute Gasteiger partial charge is 0.418 e. The smallest absolute Gasteiger partial charge is 0.384 e. The summed E-state index contributed by atoms with van der Waals surface area (Å²) in [5, 5.41) is 14.8. The van der Waals surface area contributed by atoms with Gasteiger partial charge in [-0.1, -0.05) is 66.7 Å². The van der Waals surface area contributed by atoms with E-state index < -0.39 is 17.3 Å². The monoisotopic (exact) mass is 422 g/mol. The van der Waals surface area contributed by atoms with Crippen LogP contribution in [0.3, 0.4) is 0 Å². The van der Waals surface area contributed by atoms with Gasteiger partial charge in [0.2, 0.25) is 0 Å². The summed E-state index contributed by atoms with van der Waals surface area (Å²) in [4.78, 5) is 0. The Labute approximate surface area is 178 Å². The second kappa shape index (κ2) is 7.71. The van der Waals surface area contributed by atoms with Gasteiger partial charge in [-0.15, -0.1) is 0 Å². The van der Waals surface area contributed by atoms with Crippen molar-refractivity contribution in [1.82, 2.24) is 9.78 Å². The van der Waals surface area contributed by atoms with E-state index in [9.17, 15) is 18.3 Å². The molecular weight excluding hydrogens is 401 g/mol. The molecule has 31 heavy (non-hydrogen) atoms. The number of benzene rings is 3. The zero-order valence-corrected chi connectivity index (χ0v) is 17.1. The van der Waals surface area contributed by atoms with E-state index in [4.69, 9.17) is 0 Å². The molecule has 1 N–H and O–H groups in total. The average Bonchev–Trinajstić information content (AvgIpc) is 3.20. The summed E-state index contributed by atoms with van der Waals surface area (Å²) < 4.78 is 42.2. The number of hydrogen-bond donors (Lipinski definition) is 1. The predicted octanol–water partition coefficient (Wildman–Crippen LogP) is 6.45. The third-order valence-electron chi connectivity index (χ3n) is 5.06. The summed E-state index contributed by atoms with van der Waals surface area (Å²) in [7, 11) is 0. The van der Waals surface area contributed by atoms with E-state index in [-0.39, 0.29) is 11.4 Å². The third-order valence-corrected chi connectivity index (χ3v) is 5.06. The molecule has 0 amide bonds. The first-order valence-corrected chi connectivity index (χ1v) is 9.80. The lowest BCUT2D eigenvalue weighted by Crippen LogP contribution is -2.17. The number of aliphatic hydroxyl groups is 1. The van der Waals surface area contributed by atoms with Gasteiger partial charge in [-0.3, -0.25) is 0 Å². The van der Waals surface area contributed by atoms with Gasteiger partial charge in [0, 0.05) is 5.56 Å². The SMILES string of the molecule is CC(C)(O)c1cc(-c2ccc(-c3ccccc3)cc2)n(-c2ccccc2C(F)(F)F)n1. The fraction of sp³-hybridized carbons (Fsp3) is 0.160. The zero-order chi connectivity index (χ0) is 22.2. The van der Waals surface area contributed by atoms with Gasteiger partial charge in [-0.25, -0.2) is 4.68 Å². The standard InChI is InChI=1S/C25H21F3N2O/c1-24(2,31)23-16-22(19-14-12-18(13-15-19)17-8-4-3-5-9-17)30(29-23)21-11-7-6-10-20(21)25(26,27)28/h3-16,31H,1-2H3. The average molecular weight is 422 g/mol. The molecule has 0 unspecified atom stereocenters. The van der Waals surface area contributed by atoms with Crippen molar-refractivity contribution in [2.75, 3.05) is 0 Å². The van der Waals surface area contributed by atoms with Crippen molar-refractivity contribution in [3.63, 3.8) is 0 Å². The van der Waals surface area contributed by atoms with Crippen molar-refractivity contribution in [2.45, 2.75) is 25.6 Å². The molecule has 0 spiro atoms. The first kappa shape index (κ1) is 20.9. The van der Waals surface area contributed by atoms with Crippen LogP contribution in [0.1, 0.15) is 25.1 Å². The molecule has 4 rings (SSSR count). The molecule has 0 atom stereocenters. The molecule has 0 aliphatic heterocycles. The van der Waals surface area contributed by atoms with Crippen LogP contribution in [-0.4, -0.2) is 14.9 Å². The quantitative estimate of drug-likeness (QED) is 0.410. The molecule has 0 aliphatic rings. The lowest BCUT2D eigenvalue weighted by atomic mass is 10.0. The van der Waals surface area contributed by atoms with Crippen molar-refractivity contribution in [2.24, 2.45) is 0 Å². The third kappa shape index (κ3) is 4.25. The number of rotatable bonds is 4.